The fourth-order valence-electron chi connectivity index (χ4n) is 1.76. The highest BCUT2D eigenvalue weighted by Gasteiger charge is 2.03. The van der Waals surface area contributed by atoms with Gasteiger partial charge in [0, 0.05) is 47.9 Å². The molecule has 0 aliphatic rings. The van der Waals surface area contributed by atoms with Crippen LogP contribution >= 0.6 is 79.4 Å². The summed E-state index contributed by atoms with van der Waals surface area (Å²) in [6, 6.07) is 9.66. The van der Waals surface area contributed by atoms with Crippen molar-refractivity contribution in [2.75, 3.05) is 0 Å². The maximum atomic E-state index is 10.5. The van der Waals surface area contributed by atoms with Gasteiger partial charge in [-0.1, -0.05) is 46.4 Å². The average molecular weight is 547 g/mol. The molecule has 0 saturated carbocycles. The van der Waals surface area contributed by atoms with Gasteiger partial charge in [0.2, 0.25) is 14.5 Å². The molecule has 154 valence electrons. The van der Waals surface area contributed by atoms with E-state index in [9.17, 15) is 9.59 Å². The van der Waals surface area contributed by atoms with Crippen molar-refractivity contribution < 1.29 is 18.9 Å². The summed E-state index contributed by atoms with van der Waals surface area (Å²) in [6.45, 7) is 0. The predicted molar refractivity (Wildman–Crippen MR) is 119 cm³/mol. The standard InChI is InChI=1S/C8H5Cl3O.C8H6Cl2O2.Cl2OS/c2*9-6-1-5(3-8(11)12)2-7(10)4-6;1-4(2)3/h1-2,4H,3H2;1-2,4H,3H2,(H,11,12);. The number of carbonyl (C=O) groups excluding carboxylic acids is 1. The van der Waals surface area contributed by atoms with Crippen molar-refractivity contribution in [3.63, 3.8) is 0 Å². The van der Waals surface area contributed by atoms with E-state index in [0.29, 0.717) is 25.7 Å². The Morgan fingerprint density at radius 3 is 1.29 bits per heavy atom. The Kier molecular flexibility index (Phi) is 14.6. The molecule has 2 rings (SSSR count). The van der Waals surface area contributed by atoms with Crippen LogP contribution in [0.2, 0.25) is 20.1 Å². The number of hydrogen-bond acceptors (Lipinski definition) is 3. The number of carbonyl (C=O) groups is 2. The van der Waals surface area contributed by atoms with Gasteiger partial charge in [-0.2, -0.15) is 0 Å². The van der Waals surface area contributed by atoms with Gasteiger partial charge in [0.15, 0.2) is 0 Å². The quantitative estimate of drug-likeness (QED) is 0.420. The number of carboxylic acids is 1. The van der Waals surface area contributed by atoms with Crippen LogP contribution in [0.5, 0.6) is 0 Å². The molecule has 0 fully saturated rings. The SMILES string of the molecule is O=C(Cl)Cc1cc(Cl)cc(Cl)c1.O=C(O)Cc1cc(Cl)cc(Cl)c1.O=S(Cl)Cl. The molecule has 0 heterocycles. The van der Waals surface area contributed by atoms with E-state index in [1.165, 1.54) is 0 Å². The molecule has 0 atom stereocenters. The van der Waals surface area contributed by atoms with Crippen LogP contribution in [0.25, 0.3) is 0 Å². The summed E-state index contributed by atoms with van der Waals surface area (Å²) in [5, 5.41) is 9.97. The van der Waals surface area contributed by atoms with E-state index < -0.39 is 20.4 Å². The molecular weight excluding hydrogens is 536 g/mol. The first-order chi connectivity index (χ1) is 12.9. The van der Waals surface area contributed by atoms with E-state index in [1.807, 2.05) is 0 Å². The molecule has 0 bridgehead atoms. The summed E-state index contributed by atoms with van der Waals surface area (Å²) < 4.78 is 9.09. The van der Waals surface area contributed by atoms with E-state index in [4.69, 9.17) is 67.3 Å². The van der Waals surface area contributed by atoms with Gasteiger partial charge in [-0.05, 0) is 59.1 Å². The summed E-state index contributed by atoms with van der Waals surface area (Å²) in [5.41, 5.74) is 1.34. The highest BCUT2D eigenvalue weighted by Crippen LogP contribution is 2.20. The Labute approximate surface area is 198 Å². The lowest BCUT2D eigenvalue weighted by atomic mass is 10.1. The van der Waals surface area contributed by atoms with Crippen molar-refractivity contribution in [2.24, 2.45) is 0 Å². The summed E-state index contributed by atoms with van der Waals surface area (Å²) >= 11 is 27.9. The lowest BCUT2D eigenvalue weighted by Crippen LogP contribution is -1.99. The van der Waals surface area contributed by atoms with Gasteiger partial charge < -0.3 is 5.11 Å². The van der Waals surface area contributed by atoms with Crippen LogP contribution in [0.1, 0.15) is 11.1 Å². The number of benzene rings is 2. The van der Waals surface area contributed by atoms with Crippen molar-refractivity contribution >= 4 is 99.8 Å². The lowest BCUT2D eigenvalue weighted by molar-refractivity contribution is -0.136. The first-order valence-electron chi connectivity index (χ1n) is 6.93. The molecule has 2 aromatic carbocycles. The second-order valence-electron chi connectivity index (χ2n) is 4.84. The second-order valence-corrected chi connectivity index (χ2v) is 9.53. The van der Waals surface area contributed by atoms with Crippen LogP contribution in [-0.2, 0) is 31.7 Å². The van der Waals surface area contributed by atoms with Gasteiger partial charge in [0.1, 0.15) is 0 Å². The maximum Gasteiger partial charge on any atom is 0.307 e. The molecule has 12 heteroatoms. The fourth-order valence-corrected chi connectivity index (χ4v) is 3.06. The number of hydrogen-bond donors (Lipinski definition) is 1. The van der Waals surface area contributed by atoms with Crippen molar-refractivity contribution in [2.45, 2.75) is 12.8 Å². The zero-order valence-corrected chi connectivity index (χ0v) is 19.7. The van der Waals surface area contributed by atoms with Gasteiger partial charge in [-0.15, -0.1) is 0 Å². The minimum absolute atomic E-state index is 0.0553. The number of carboxylic acid groups (broad SMARTS) is 1. The molecule has 0 radical (unpaired) electrons. The predicted octanol–water partition coefficient (Wildman–Crippen LogP) is 6.96. The summed E-state index contributed by atoms with van der Waals surface area (Å²) in [4.78, 5) is 20.8. The Bertz CT molecular complexity index is 738. The molecule has 0 spiro atoms. The molecule has 0 amide bonds. The third kappa shape index (κ3) is 15.7. The number of rotatable bonds is 4. The molecule has 28 heavy (non-hydrogen) atoms. The maximum absolute atomic E-state index is 10.5. The molecule has 2 aromatic rings. The van der Waals surface area contributed by atoms with Crippen LogP contribution in [0.3, 0.4) is 0 Å². The van der Waals surface area contributed by atoms with E-state index in [-0.39, 0.29) is 12.8 Å². The van der Waals surface area contributed by atoms with Gasteiger partial charge in [0.25, 0.3) is 0 Å². The zero-order chi connectivity index (χ0) is 21.9. The Hall–Kier alpha value is -0.240. The van der Waals surface area contributed by atoms with Crippen molar-refractivity contribution in [3.8, 4) is 0 Å². The zero-order valence-electron chi connectivity index (χ0n) is 13.6. The molecule has 0 aliphatic heterocycles. The smallest absolute Gasteiger partial charge is 0.307 e. The van der Waals surface area contributed by atoms with Crippen LogP contribution in [0.15, 0.2) is 36.4 Å². The third-order valence-corrected chi connectivity index (χ3v) is 3.55. The Morgan fingerprint density at radius 1 is 0.750 bits per heavy atom. The Balaban J connectivity index is 0.000000439. The third-order valence-electron chi connectivity index (χ3n) is 2.54. The molecule has 0 saturated heterocycles. The van der Waals surface area contributed by atoms with Crippen LogP contribution in [0.4, 0.5) is 0 Å². The Morgan fingerprint density at radius 2 is 1.04 bits per heavy atom. The van der Waals surface area contributed by atoms with E-state index in [0.717, 1.165) is 5.56 Å². The fraction of sp³-hybridized carbons (Fsp3) is 0.125. The van der Waals surface area contributed by atoms with Crippen LogP contribution < -0.4 is 0 Å². The van der Waals surface area contributed by atoms with Crippen molar-refractivity contribution in [1.29, 1.82) is 0 Å². The molecule has 0 unspecified atom stereocenters. The van der Waals surface area contributed by atoms with E-state index in [2.05, 4.69) is 21.4 Å². The van der Waals surface area contributed by atoms with Gasteiger partial charge in [-0.25, -0.2) is 4.21 Å². The minimum Gasteiger partial charge on any atom is -0.481 e. The molecule has 0 aromatic heterocycles. The highest BCUT2D eigenvalue weighted by molar-refractivity contribution is 8.26. The summed E-state index contributed by atoms with van der Waals surface area (Å²) in [7, 11) is 7.36. The summed E-state index contributed by atoms with van der Waals surface area (Å²) in [6.07, 6.45) is 0.0993. The normalized spacial score (nSPS) is 9.71. The van der Waals surface area contributed by atoms with E-state index in [1.54, 1.807) is 36.4 Å². The lowest BCUT2D eigenvalue weighted by Gasteiger charge is -1.98. The second kappa shape index (κ2) is 14.7. The van der Waals surface area contributed by atoms with Crippen LogP contribution in [0, 0.1) is 0 Å². The first-order valence-corrected chi connectivity index (χ1v) is 11.6. The first kappa shape index (κ1) is 27.8. The van der Waals surface area contributed by atoms with Crippen molar-refractivity contribution in [1.82, 2.24) is 0 Å². The minimum atomic E-state index is -1.67. The molecule has 4 nitrogen and oxygen atoms in total. The van der Waals surface area contributed by atoms with Gasteiger partial charge in [-0.3, -0.25) is 9.59 Å². The van der Waals surface area contributed by atoms with Gasteiger partial charge in [0.05, 0.1) is 6.42 Å². The summed E-state index contributed by atoms with van der Waals surface area (Å²) in [5.74, 6) is -0.895. The topological polar surface area (TPSA) is 71.4 Å². The number of aliphatic carboxylic acids is 1. The largest absolute Gasteiger partial charge is 0.481 e. The van der Waals surface area contributed by atoms with Crippen LogP contribution in [-0.4, -0.2) is 20.5 Å². The molecule has 1 N–H and O–H groups in total. The van der Waals surface area contributed by atoms with E-state index >= 15 is 0 Å². The number of halogens is 7. The average Bonchev–Trinajstić information content (AvgIpc) is 2.43. The molecule has 0 aliphatic carbocycles. The highest BCUT2D eigenvalue weighted by atomic mass is 36.0. The monoisotopic (exact) mass is 544 g/mol. The molecular formula is C16H11Cl7O4S. The van der Waals surface area contributed by atoms with Crippen molar-refractivity contribution in [3.05, 3.63) is 67.6 Å². The van der Waals surface area contributed by atoms with Gasteiger partial charge >= 0.3 is 5.97 Å².